The van der Waals surface area contributed by atoms with Gasteiger partial charge in [-0.3, -0.25) is 4.90 Å². The highest BCUT2D eigenvalue weighted by Gasteiger charge is 2.46. The third kappa shape index (κ3) is 2.66. The van der Waals surface area contributed by atoms with E-state index in [0.29, 0.717) is 52.5 Å². The number of aliphatic hydroxyl groups excluding tert-OH is 1. The van der Waals surface area contributed by atoms with Crippen LogP contribution in [-0.4, -0.2) is 55.7 Å². The van der Waals surface area contributed by atoms with E-state index in [1.54, 1.807) is 12.1 Å². The van der Waals surface area contributed by atoms with Crippen LogP contribution in [0.1, 0.15) is 44.8 Å². The molecule has 9 heteroatoms. The summed E-state index contributed by atoms with van der Waals surface area (Å²) in [5.74, 6) is 0.763. The quantitative estimate of drug-likeness (QED) is 0.707. The summed E-state index contributed by atoms with van der Waals surface area (Å²) < 4.78 is 27.6. The van der Waals surface area contributed by atoms with Crippen molar-refractivity contribution in [1.29, 1.82) is 0 Å². The summed E-state index contributed by atoms with van der Waals surface area (Å²) in [5.41, 5.74) is 2.92. The number of likely N-dealkylation sites (N-methyl/N-ethyl adjacent to an activating group) is 1. The van der Waals surface area contributed by atoms with E-state index in [0.717, 1.165) is 5.56 Å². The lowest BCUT2D eigenvalue weighted by Crippen LogP contribution is -2.36. The molecule has 2 aromatic rings. The number of aliphatic hydroxyl groups is 1. The van der Waals surface area contributed by atoms with Crippen molar-refractivity contribution in [2.45, 2.75) is 25.2 Å². The molecule has 3 heterocycles. The molecule has 0 aliphatic carbocycles. The van der Waals surface area contributed by atoms with E-state index in [1.807, 2.05) is 11.9 Å². The topological polar surface area (TPSA) is 107 Å². The lowest BCUT2D eigenvalue weighted by Gasteiger charge is -2.38. The average Bonchev–Trinajstić information content (AvgIpc) is 3.39. The number of hydrogen-bond donors (Lipinski definition) is 2. The molecule has 2 unspecified atom stereocenters. The van der Waals surface area contributed by atoms with Crippen molar-refractivity contribution in [3.05, 3.63) is 39.9 Å². The number of cyclic esters (lactones) is 1. The van der Waals surface area contributed by atoms with E-state index in [1.165, 1.54) is 14.2 Å². The Morgan fingerprint density at radius 1 is 1.19 bits per heavy atom. The number of phenols is 1. The Labute approximate surface area is 178 Å². The van der Waals surface area contributed by atoms with Crippen molar-refractivity contribution in [3.8, 4) is 28.7 Å². The number of esters is 1. The maximum Gasteiger partial charge on any atom is 0.343 e. The Hall–Kier alpha value is -3.17. The van der Waals surface area contributed by atoms with Gasteiger partial charge < -0.3 is 33.9 Å². The van der Waals surface area contributed by atoms with E-state index in [-0.39, 0.29) is 24.9 Å². The van der Waals surface area contributed by atoms with Gasteiger partial charge in [0.05, 0.1) is 26.9 Å². The van der Waals surface area contributed by atoms with Gasteiger partial charge in [-0.15, -0.1) is 0 Å². The summed E-state index contributed by atoms with van der Waals surface area (Å²) in [6, 6.07) is 3.02. The van der Waals surface area contributed by atoms with Gasteiger partial charge in [0.1, 0.15) is 11.7 Å². The lowest BCUT2D eigenvalue weighted by molar-refractivity contribution is 0.00860. The number of aromatic hydroxyl groups is 1. The molecule has 5 rings (SSSR count). The SMILES string of the molecule is COc1ccc2c(c1OC)C(=O)OC2C1c2c(O)c3c(c(CO)c2CCN1C)OCO3. The molecule has 0 bridgehead atoms. The van der Waals surface area contributed by atoms with Gasteiger partial charge in [-0.2, -0.15) is 0 Å². The second kappa shape index (κ2) is 7.21. The van der Waals surface area contributed by atoms with E-state index in [2.05, 4.69) is 0 Å². The predicted octanol–water partition coefficient (Wildman–Crippen LogP) is 2.07. The summed E-state index contributed by atoms with van der Waals surface area (Å²) in [6.45, 7) is 0.356. The monoisotopic (exact) mass is 429 g/mol. The highest BCUT2D eigenvalue weighted by Crippen LogP contribution is 2.56. The summed E-state index contributed by atoms with van der Waals surface area (Å²) in [5, 5.41) is 21.2. The molecule has 2 atom stereocenters. The first kappa shape index (κ1) is 19.8. The van der Waals surface area contributed by atoms with Crippen LogP contribution in [0.3, 0.4) is 0 Å². The molecular weight excluding hydrogens is 406 g/mol. The second-order valence-corrected chi connectivity index (χ2v) is 7.71. The number of nitrogens with zero attached hydrogens (tertiary/aromatic N) is 1. The van der Waals surface area contributed by atoms with Crippen molar-refractivity contribution >= 4 is 5.97 Å². The molecule has 31 heavy (non-hydrogen) atoms. The fourth-order valence-electron chi connectivity index (χ4n) is 4.91. The van der Waals surface area contributed by atoms with Crippen LogP contribution in [-0.2, 0) is 17.8 Å². The van der Waals surface area contributed by atoms with Gasteiger partial charge in [0.25, 0.3) is 0 Å². The first-order chi connectivity index (χ1) is 15.0. The third-order valence-electron chi connectivity index (χ3n) is 6.30. The number of benzene rings is 2. The average molecular weight is 429 g/mol. The van der Waals surface area contributed by atoms with E-state index >= 15 is 0 Å². The highest BCUT2D eigenvalue weighted by atomic mass is 16.7. The van der Waals surface area contributed by atoms with Crippen molar-refractivity contribution in [1.82, 2.24) is 4.90 Å². The molecule has 0 saturated carbocycles. The highest BCUT2D eigenvalue weighted by molar-refractivity contribution is 5.98. The number of hydrogen-bond acceptors (Lipinski definition) is 9. The molecule has 0 spiro atoms. The minimum atomic E-state index is -0.691. The summed E-state index contributed by atoms with van der Waals surface area (Å²) in [7, 11) is 4.88. The molecule has 3 aliphatic rings. The molecule has 0 fully saturated rings. The van der Waals surface area contributed by atoms with Crippen molar-refractivity contribution in [2.24, 2.45) is 0 Å². The van der Waals surface area contributed by atoms with E-state index in [9.17, 15) is 15.0 Å². The van der Waals surface area contributed by atoms with Crippen LogP contribution in [0.5, 0.6) is 28.7 Å². The van der Waals surface area contributed by atoms with Gasteiger partial charge in [0.2, 0.25) is 12.5 Å². The Bertz CT molecular complexity index is 1080. The van der Waals surface area contributed by atoms with Gasteiger partial charge in [0, 0.05) is 23.2 Å². The number of fused-ring (bicyclic) bond motifs is 3. The van der Waals surface area contributed by atoms with Crippen LogP contribution in [0.15, 0.2) is 12.1 Å². The normalized spacial score (nSPS) is 21.5. The minimum Gasteiger partial charge on any atom is -0.504 e. The van der Waals surface area contributed by atoms with Gasteiger partial charge in [-0.25, -0.2) is 4.79 Å². The molecule has 0 saturated heterocycles. The largest absolute Gasteiger partial charge is 0.504 e. The zero-order valence-corrected chi connectivity index (χ0v) is 17.4. The Morgan fingerprint density at radius 3 is 2.68 bits per heavy atom. The van der Waals surface area contributed by atoms with Crippen molar-refractivity contribution in [2.75, 3.05) is 34.6 Å². The zero-order chi connectivity index (χ0) is 21.9. The van der Waals surface area contributed by atoms with E-state index < -0.39 is 18.1 Å². The van der Waals surface area contributed by atoms with Gasteiger partial charge >= 0.3 is 5.97 Å². The van der Waals surface area contributed by atoms with Gasteiger partial charge in [-0.1, -0.05) is 6.07 Å². The fraction of sp³-hybridized carbons (Fsp3) is 0.409. The van der Waals surface area contributed by atoms with Crippen molar-refractivity contribution in [3.63, 3.8) is 0 Å². The predicted molar refractivity (Wildman–Crippen MR) is 107 cm³/mol. The Kier molecular flexibility index (Phi) is 4.60. The number of phenolic OH excluding ortho intramolecular Hbond substituents is 1. The molecule has 164 valence electrons. The molecular formula is C22H23NO8. The lowest BCUT2D eigenvalue weighted by atomic mass is 9.83. The fourth-order valence-corrected chi connectivity index (χ4v) is 4.91. The van der Waals surface area contributed by atoms with Crippen LogP contribution in [0, 0.1) is 0 Å². The van der Waals surface area contributed by atoms with Crippen LogP contribution in [0.25, 0.3) is 0 Å². The van der Waals surface area contributed by atoms with Gasteiger partial charge in [-0.05, 0) is 25.1 Å². The summed E-state index contributed by atoms with van der Waals surface area (Å²) in [6.07, 6.45) is -0.0915. The van der Waals surface area contributed by atoms with Crippen LogP contribution in [0.2, 0.25) is 0 Å². The molecule has 3 aliphatic heterocycles. The number of rotatable bonds is 4. The molecule has 2 aromatic carbocycles. The minimum absolute atomic E-state index is 0.0302. The molecule has 0 amide bonds. The van der Waals surface area contributed by atoms with E-state index in [4.69, 9.17) is 23.7 Å². The molecule has 2 N–H and O–H groups in total. The Morgan fingerprint density at radius 2 is 1.97 bits per heavy atom. The second-order valence-electron chi connectivity index (χ2n) is 7.71. The molecule has 0 aromatic heterocycles. The van der Waals surface area contributed by atoms with Crippen LogP contribution in [0.4, 0.5) is 0 Å². The number of ether oxygens (including phenoxy) is 5. The third-order valence-corrected chi connectivity index (χ3v) is 6.30. The van der Waals surface area contributed by atoms with Gasteiger partial charge in [0.15, 0.2) is 23.0 Å². The molecule has 9 nitrogen and oxygen atoms in total. The van der Waals surface area contributed by atoms with Crippen LogP contribution < -0.4 is 18.9 Å². The maximum absolute atomic E-state index is 12.9. The molecule has 0 radical (unpaired) electrons. The first-order valence-corrected chi connectivity index (χ1v) is 9.94. The standard InChI is InChI=1S/C22H23NO8/c1-23-7-6-10-12(8-24)19-21(30-9-29-19)17(25)14(10)16(23)18-11-4-5-13(27-2)20(28-3)15(11)22(26)31-18/h4-5,16,18,24-25H,6-9H2,1-3H3. The van der Waals surface area contributed by atoms with Crippen LogP contribution >= 0.6 is 0 Å². The first-order valence-electron chi connectivity index (χ1n) is 9.94. The zero-order valence-electron chi connectivity index (χ0n) is 17.4. The van der Waals surface area contributed by atoms with Crippen molar-refractivity contribution < 1.29 is 38.7 Å². The number of methoxy groups -OCH3 is 2. The number of carbonyl (C=O) groups excluding carboxylic acids is 1. The maximum atomic E-state index is 12.9. The Balaban J connectivity index is 1.71. The summed E-state index contributed by atoms with van der Waals surface area (Å²) >= 11 is 0. The summed E-state index contributed by atoms with van der Waals surface area (Å²) in [4.78, 5) is 14.9. The smallest absolute Gasteiger partial charge is 0.343 e. The number of carbonyl (C=O) groups is 1.